The average Bonchev–Trinajstić information content (AvgIpc) is 2.76. The van der Waals surface area contributed by atoms with Crippen LogP contribution in [0.25, 0.3) is 0 Å². The highest BCUT2D eigenvalue weighted by atomic mass is 32.2. The van der Waals surface area contributed by atoms with Gasteiger partial charge in [-0.25, -0.2) is 8.42 Å². The Hall–Kier alpha value is -1.37. The lowest BCUT2D eigenvalue weighted by atomic mass is 9.92. The van der Waals surface area contributed by atoms with E-state index in [1.165, 1.54) is 6.92 Å². The van der Waals surface area contributed by atoms with E-state index in [-0.39, 0.29) is 11.7 Å². The summed E-state index contributed by atoms with van der Waals surface area (Å²) < 4.78 is 30.3. The first-order valence-electron chi connectivity index (χ1n) is 8.04. The number of aryl methyl sites for hydroxylation is 2. The fourth-order valence-corrected chi connectivity index (χ4v) is 4.81. The van der Waals surface area contributed by atoms with Gasteiger partial charge in [0.1, 0.15) is 11.0 Å². The van der Waals surface area contributed by atoms with E-state index in [2.05, 4.69) is 19.0 Å². The number of aromatic nitrogens is 1. The minimum absolute atomic E-state index is 0.208. The van der Waals surface area contributed by atoms with Crippen molar-refractivity contribution in [3.8, 4) is 0 Å². The third-order valence-corrected chi connectivity index (χ3v) is 6.56. The largest absolute Gasteiger partial charge is 0.361 e. The van der Waals surface area contributed by atoms with Crippen LogP contribution >= 0.6 is 0 Å². The van der Waals surface area contributed by atoms with Crippen LogP contribution in [0.2, 0.25) is 0 Å². The van der Waals surface area contributed by atoms with E-state index in [1.54, 1.807) is 18.7 Å². The number of amides is 1. The van der Waals surface area contributed by atoms with E-state index >= 15 is 0 Å². The van der Waals surface area contributed by atoms with E-state index in [1.807, 2.05) is 0 Å². The van der Waals surface area contributed by atoms with Crippen molar-refractivity contribution >= 4 is 15.7 Å². The molecule has 130 valence electrons. The lowest BCUT2D eigenvalue weighted by Gasteiger charge is -2.36. The molecule has 0 spiro atoms. The smallest absolute Gasteiger partial charge is 0.240 e. The standard InChI is InChI=1S/C16H26N2O4S/c1-10-6-11(2)8-18(7-10)16(19)14(5)23(20,21)9-15-12(3)17-22-13(15)4/h10-11,14H,6-9H2,1-5H3. The van der Waals surface area contributed by atoms with Gasteiger partial charge in [-0.2, -0.15) is 0 Å². The molecular formula is C16H26N2O4S. The highest BCUT2D eigenvalue weighted by Crippen LogP contribution is 2.24. The molecule has 1 aliphatic rings. The summed E-state index contributed by atoms with van der Waals surface area (Å²) in [5, 5.41) is 2.73. The van der Waals surface area contributed by atoms with Gasteiger partial charge < -0.3 is 9.42 Å². The second kappa shape index (κ2) is 6.63. The second-order valence-corrected chi connectivity index (χ2v) is 9.26. The summed E-state index contributed by atoms with van der Waals surface area (Å²) in [7, 11) is -3.60. The molecule has 0 bridgehead atoms. The number of nitrogens with zero attached hydrogens (tertiary/aromatic N) is 2. The quantitative estimate of drug-likeness (QED) is 0.837. The topological polar surface area (TPSA) is 80.5 Å². The summed E-state index contributed by atoms with van der Waals surface area (Å²) in [6.45, 7) is 10.3. The van der Waals surface area contributed by atoms with E-state index in [0.717, 1.165) is 6.42 Å². The first kappa shape index (κ1) is 18.0. The van der Waals surface area contributed by atoms with Crippen molar-refractivity contribution in [2.45, 2.75) is 52.0 Å². The molecule has 6 nitrogen and oxygen atoms in total. The van der Waals surface area contributed by atoms with Gasteiger partial charge in [-0.15, -0.1) is 0 Å². The molecule has 1 amide bonds. The maximum Gasteiger partial charge on any atom is 0.240 e. The van der Waals surface area contributed by atoms with Crippen LogP contribution < -0.4 is 0 Å². The summed E-state index contributed by atoms with van der Waals surface area (Å²) in [5.74, 6) is 0.793. The molecule has 3 unspecified atom stereocenters. The Kier molecular flexibility index (Phi) is 5.18. The molecule has 1 saturated heterocycles. The maximum atomic E-state index is 12.6. The van der Waals surface area contributed by atoms with Crippen LogP contribution in [0.5, 0.6) is 0 Å². The monoisotopic (exact) mass is 342 g/mol. The van der Waals surface area contributed by atoms with Gasteiger partial charge in [0.15, 0.2) is 9.84 Å². The highest BCUT2D eigenvalue weighted by Gasteiger charge is 2.35. The third kappa shape index (κ3) is 3.94. The fourth-order valence-electron chi connectivity index (χ4n) is 3.29. The number of piperidine rings is 1. The first-order valence-corrected chi connectivity index (χ1v) is 9.75. The van der Waals surface area contributed by atoms with Crippen LogP contribution in [0.1, 0.15) is 44.2 Å². The minimum Gasteiger partial charge on any atom is -0.361 e. The van der Waals surface area contributed by atoms with Crippen LogP contribution in [-0.4, -0.2) is 42.7 Å². The Morgan fingerprint density at radius 2 is 1.87 bits per heavy atom. The molecule has 0 aromatic carbocycles. The molecule has 0 N–H and O–H groups in total. The zero-order valence-electron chi connectivity index (χ0n) is 14.5. The van der Waals surface area contributed by atoms with Crippen molar-refractivity contribution in [3.05, 3.63) is 17.0 Å². The molecule has 0 radical (unpaired) electrons. The molecule has 1 aliphatic heterocycles. The lowest BCUT2D eigenvalue weighted by molar-refractivity contribution is -0.133. The van der Waals surface area contributed by atoms with Crippen molar-refractivity contribution in [1.29, 1.82) is 0 Å². The van der Waals surface area contributed by atoms with Crippen LogP contribution in [-0.2, 0) is 20.4 Å². The van der Waals surface area contributed by atoms with Gasteiger partial charge in [-0.05, 0) is 39.0 Å². The summed E-state index contributed by atoms with van der Waals surface area (Å²) >= 11 is 0. The number of carbonyl (C=O) groups excluding carboxylic acids is 1. The third-order valence-electron chi connectivity index (χ3n) is 4.59. The Morgan fingerprint density at radius 3 is 2.35 bits per heavy atom. The SMILES string of the molecule is Cc1noc(C)c1CS(=O)(=O)C(C)C(=O)N1CC(C)CC(C)C1. The number of sulfone groups is 1. The number of likely N-dealkylation sites (tertiary alicyclic amines) is 1. The van der Waals surface area contributed by atoms with Gasteiger partial charge in [-0.1, -0.05) is 19.0 Å². The summed E-state index contributed by atoms with van der Waals surface area (Å²) in [6, 6.07) is 0. The van der Waals surface area contributed by atoms with Crippen molar-refractivity contribution in [2.24, 2.45) is 11.8 Å². The zero-order valence-corrected chi connectivity index (χ0v) is 15.3. The summed E-state index contributed by atoms with van der Waals surface area (Å²) in [6.07, 6.45) is 1.07. The van der Waals surface area contributed by atoms with Crippen molar-refractivity contribution in [2.75, 3.05) is 13.1 Å². The number of hydrogen-bond donors (Lipinski definition) is 0. The predicted octanol–water partition coefficient (Wildman–Crippen LogP) is 2.10. The molecule has 1 fully saturated rings. The van der Waals surface area contributed by atoms with Crippen molar-refractivity contribution in [1.82, 2.24) is 10.1 Å². The van der Waals surface area contributed by atoms with E-state index in [0.29, 0.717) is 41.9 Å². The molecule has 1 aromatic heterocycles. The number of carbonyl (C=O) groups is 1. The van der Waals surface area contributed by atoms with Gasteiger partial charge >= 0.3 is 0 Å². The van der Waals surface area contributed by atoms with Gasteiger partial charge in [0.25, 0.3) is 0 Å². The molecule has 3 atom stereocenters. The van der Waals surface area contributed by atoms with E-state index < -0.39 is 15.1 Å². The Bertz CT molecular complexity index is 651. The molecule has 23 heavy (non-hydrogen) atoms. The zero-order chi connectivity index (χ0) is 17.4. The van der Waals surface area contributed by atoms with Gasteiger partial charge in [0.05, 0.1) is 11.4 Å². The minimum atomic E-state index is -3.60. The summed E-state index contributed by atoms with van der Waals surface area (Å²) in [5.41, 5.74) is 1.12. The van der Waals surface area contributed by atoms with E-state index in [9.17, 15) is 13.2 Å². The summed E-state index contributed by atoms with van der Waals surface area (Å²) in [4.78, 5) is 14.3. The van der Waals surface area contributed by atoms with Crippen LogP contribution in [0.15, 0.2) is 4.52 Å². The Balaban J connectivity index is 2.14. The van der Waals surface area contributed by atoms with Crippen LogP contribution in [0, 0.1) is 25.7 Å². The lowest BCUT2D eigenvalue weighted by Crippen LogP contribution is -2.48. The molecule has 2 rings (SSSR count). The molecule has 2 heterocycles. The van der Waals surface area contributed by atoms with Crippen molar-refractivity contribution in [3.63, 3.8) is 0 Å². The van der Waals surface area contributed by atoms with Crippen LogP contribution in [0.4, 0.5) is 0 Å². The first-order chi connectivity index (χ1) is 10.6. The molecule has 7 heteroatoms. The fraction of sp³-hybridized carbons (Fsp3) is 0.750. The van der Waals surface area contributed by atoms with Gasteiger partial charge in [0.2, 0.25) is 5.91 Å². The van der Waals surface area contributed by atoms with Crippen molar-refractivity contribution < 1.29 is 17.7 Å². The molecule has 0 saturated carbocycles. The van der Waals surface area contributed by atoms with E-state index in [4.69, 9.17) is 4.52 Å². The van der Waals surface area contributed by atoms with Gasteiger partial charge in [-0.3, -0.25) is 4.79 Å². The average molecular weight is 342 g/mol. The van der Waals surface area contributed by atoms with Gasteiger partial charge in [0, 0.05) is 18.7 Å². The normalized spacial score (nSPS) is 23.8. The van der Waals surface area contributed by atoms with Crippen LogP contribution in [0.3, 0.4) is 0 Å². The molecule has 0 aliphatic carbocycles. The predicted molar refractivity (Wildman–Crippen MR) is 87.6 cm³/mol. The molecular weight excluding hydrogens is 316 g/mol. The maximum absolute atomic E-state index is 12.6. The number of rotatable bonds is 4. The Labute approximate surface area is 138 Å². The highest BCUT2D eigenvalue weighted by molar-refractivity contribution is 7.92. The Morgan fingerprint density at radius 1 is 1.30 bits per heavy atom. The second-order valence-electron chi connectivity index (χ2n) is 6.94. The number of hydrogen-bond acceptors (Lipinski definition) is 5. The molecule has 1 aromatic rings.